The Morgan fingerprint density at radius 2 is 2.23 bits per heavy atom. The van der Waals surface area contributed by atoms with E-state index in [4.69, 9.17) is 11.6 Å². The molecule has 0 unspecified atom stereocenters. The van der Waals surface area contributed by atoms with Gasteiger partial charge in [-0.25, -0.2) is 4.79 Å². The summed E-state index contributed by atoms with van der Waals surface area (Å²) < 4.78 is 4.62. The maximum Gasteiger partial charge on any atom is 0.339 e. The van der Waals surface area contributed by atoms with Gasteiger partial charge in [0, 0.05) is 9.92 Å². The third-order valence-electron chi connectivity index (χ3n) is 1.57. The molecule has 0 saturated carbocycles. The molecule has 1 aromatic rings. The predicted octanol–water partition coefficient (Wildman–Crippen LogP) is 2.85. The van der Waals surface area contributed by atoms with Crippen LogP contribution in [0.15, 0.2) is 23.1 Å². The highest BCUT2D eigenvalue weighted by Crippen LogP contribution is 2.24. The van der Waals surface area contributed by atoms with Crippen molar-refractivity contribution >= 4 is 29.3 Å². The quantitative estimate of drug-likeness (QED) is 0.562. The van der Waals surface area contributed by atoms with Gasteiger partial charge in [-0.2, -0.15) is 0 Å². The number of carbonyl (C=O) groups excluding carboxylic acids is 1. The third-order valence-corrected chi connectivity index (χ3v) is 2.60. The van der Waals surface area contributed by atoms with Crippen LogP contribution < -0.4 is 0 Å². The number of benzene rings is 1. The van der Waals surface area contributed by atoms with Gasteiger partial charge in [0.25, 0.3) is 0 Å². The first-order chi connectivity index (χ1) is 6.19. The van der Waals surface area contributed by atoms with Gasteiger partial charge in [-0.3, -0.25) is 0 Å². The van der Waals surface area contributed by atoms with E-state index in [9.17, 15) is 4.79 Å². The van der Waals surface area contributed by atoms with Crippen LogP contribution in [-0.4, -0.2) is 19.3 Å². The van der Waals surface area contributed by atoms with E-state index in [0.29, 0.717) is 10.6 Å². The standard InChI is InChI=1S/C9H9ClO2S/c1-12-9(11)7-5-6(10)3-4-8(7)13-2/h3-5H,1-2H3. The molecule has 0 heterocycles. The summed E-state index contributed by atoms with van der Waals surface area (Å²) in [4.78, 5) is 12.1. The molecule has 0 spiro atoms. The van der Waals surface area contributed by atoms with Gasteiger partial charge in [0.15, 0.2) is 0 Å². The highest BCUT2D eigenvalue weighted by atomic mass is 35.5. The molecule has 13 heavy (non-hydrogen) atoms. The second-order valence-corrected chi connectivity index (χ2v) is 3.62. The zero-order chi connectivity index (χ0) is 9.84. The number of rotatable bonds is 2. The molecular weight excluding hydrogens is 208 g/mol. The average Bonchev–Trinajstić information content (AvgIpc) is 2.16. The Kier molecular flexibility index (Phi) is 3.63. The summed E-state index contributed by atoms with van der Waals surface area (Å²) in [5.74, 6) is -0.355. The SMILES string of the molecule is COC(=O)c1cc(Cl)ccc1SC. The summed E-state index contributed by atoms with van der Waals surface area (Å²) in [7, 11) is 1.35. The molecule has 0 aliphatic heterocycles. The largest absolute Gasteiger partial charge is 0.465 e. The topological polar surface area (TPSA) is 26.3 Å². The maximum atomic E-state index is 11.3. The fourth-order valence-electron chi connectivity index (χ4n) is 0.950. The summed E-state index contributed by atoms with van der Waals surface area (Å²) in [5, 5.41) is 0.540. The van der Waals surface area contributed by atoms with Crippen molar-refractivity contribution in [3.8, 4) is 0 Å². The molecule has 0 aromatic heterocycles. The van der Waals surface area contributed by atoms with Crippen LogP contribution in [0.25, 0.3) is 0 Å². The zero-order valence-corrected chi connectivity index (χ0v) is 8.91. The second-order valence-electron chi connectivity index (χ2n) is 2.34. The van der Waals surface area contributed by atoms with E-state index >= 15 is 0 Å². The number of carbonyl (C=O) groups is 1. The summed E-state index contributed by atoms with van der Waals surface area (Å²) in [6.07, 6.45) is 1.90. The van der Waals surface area contributed by atoms with Crippen LogP contribution in [0.3, 0.4) is 0 Å². The molecule has 0 saturated heterocycles. The van der Waals surface area contributed by atoms with E-state index in [1.165, 1.54) is 18.9 Å². The van der Waals surface area contributed by atoms with Crippen molar-refractivity contribution in [2.24, 2.45) is 0 Å². The van der Waals surface area contributed by atoms with Crippen LogP contribution in [0, 0.1) is 0 Å². The van der Waals surface area contributed by atoms with Gasteiger partial charge in [-0.05, 0) is 24.5 Å². The Morgan fingerprint density at radius 3 is 2.77 bits per heavy atom. The molecule has 0 aliphatic carbocycles. The Bertz CT molecular complexity index is 325. The number of methoxy groups -OCH3 is 1. The number of hydrogen-bond acceptors (Lipinski definition) is 3. The van der Waals surface area contributed by atoms with E-state index in [1.54, 1.807) is 18.2 Å². The number of thioether (sulfide) groups is 1. The fraction of sp³-hybridized carbons (Fsp3) is 0.222. The first-order valence-electron chi connectivity index (χ1n) is 3.61. The fourth-order valence-corrected chi connectivity index (χ4v) is 1.69. The predicted molar refractivity (Wildman–Crippen MR) is 54.6 cm³/mol. The lowest BCUT2D eigenvalue weighted by Gasteiger charge is -2.04. The molecule has 0 aliphatic rings. The minimum absolute atomic E-state index is 0.355. The van der Waals surface area contributed by atoms with Gasteiger partial charge in [0.1, 0.15) is 0 Å². The third kappa shape index (κ3) is 2.39. The van der Waals surface area contributed by atoms with Crippen LogP contribution in [-0.2, 0) is 4.74 Å². The first kappa shape index (κ1) is 10.4. The number of esters is 1. The van der Waals surface area contributed by atoms with Crippen LogP contribution in [0.5, 0.6) is 0 Å². The van der Waals surface area contributed by atoms with Crippen molar-refractivity contribution in [2.45, 2.75) is 4.90 Å². The number of hydrogen-bond donors (Lipinski definition) is 0. The van der Waals surface area contributed by atoms with Gasteiger partial charge in [-0.15, -0.1) is 11.8 Å². The van der Waals surface area contributed by atoms with Crippen LogP contribution in [0.1, 0.15) is 10.4 Å². The molecule has 70 valence electrons. The summed E-state index contributed by atoms with van der Waals surface area (Å²) >= 11 is 7.25. The van der Waals surface area contributed by atoms with Crippen molar-refractivity contribution in [1.82, 2.24) is 0 Å². The van der Waals surface area contributed by atoms with Gasteiger partial charge in [-0.1, -0.05) is 11.6 Å². The average molecular weight is 217 g/mol. The minimum atomic E-state index is -0.355. The van der Waals surface area contributed by atoms with Crippen molar-refractivity contribution in [2.75, 3.05) is 13.4 Å². The van der Waals surface area contributed by atoms with Gasteiger partial charge in [0.05, 0.1) is 12.7 Å². The first-order valence-corrected chi connectivity index (χ1v) is 5.21. The van der Waals surface area contributed by atoms with Crippen molar-refractivity contribution in [3.63, 3.8) is 0 Å². The van der Waals surface area contributed by atoms with E-state index in [0.717, 1.165) is 4.90 Å². The zero-order valence-electron chi connectivity index (χ0n) is 7.33. The molecule has 2 nitrogen and oxygen atoms in total. The van der Waals surface area contributed by atoms with E-state index in [1.807, 2.05) is 6.26 Å². The molecule has 4 heteroatoms. The number of ether oxygens (including phenoxy) is 1. The molecule has 1 rings (SSSR count). The molecule has 0 radical (unpaired) electrons. The van der Waals surface area contributed by atoms with Gasteiger partial charge >= 0.3 is 5.97 Å². The lowest BCUT2D eigenvalue weighted by Crippen LogP contribution is -2.02. The van der Waals surface area contributed by atoms with Gasteiger partial charge < -0.3 is 4.74 Å². The summed E-state index contributed by atoms with van der Waals surface area (Å²) in [6, 6.07) is 5.16. The molecule has 0 bridgehead atoms. The van der Waals surface area contributed by atoms with Crippen LogP contribution >= 0.6 is 23.4 Å². The van der Waals surface area contributed by atoms with E-state index in [2.05, 4.69) is 4.74 Å². The number of halogens is 1. The Hall–Kier alpha value is -0.670. The molecule has 0 N–H and O–H groups in total. The Labute approximate surface area is 86.2 Å². The lowest BCUT2D eigenvalue weighted by molar-refractivity contribution is 0.0597. The van der Waals surface area contributed by atoms with Crippen molar-refractivity contribution in [1.29, 1.82) is 0 Å². The molecule has 0 amide bonds. The summed E-state index contributed by atoms with van der Waals surface area (Å²) in [6.45, 7) is 0. The summed E-state index contributed by atoms with van der Waals surface area (Å²) in [5.41, 5.74) is 0.516. The molecule has 0 fully saturated rings. The normalized spacial score (nSPS) is 9.77. The van der Waals surface area contributed by atoms with Crippen molar-refractivity contribution in [3.05, 3.63) is 28.8 Å². The lowest BCUT2D eigenvalue weighted by atomic mass is 10.2. The van der Waals surface area contributed by atoms with Gasteiger partial charge in [0.2, 0.25) is 0 Å². The highest BCUT2D eigenvalue weighted by Gasteiger charge is 2.11. The smallest absolute Gasteiger partial charge is 0.339 e. The Balaban J connectivity index is 3.15. The van der Waals surface area contributed by atoms with E-state index in [-0.39, 0.29) is 5.97 Å². The second kappa shape index (κ2) is 4.53. The Morgan fingerprint density at radius 1 is 1.54 bits per heavy atom. The maximum absolute atomic E-state index is 11.3. The van der Waals surface area contributed by atoms with E-state index < -0.39 is 0 Å². The molecular formula is C9H9ClO2S. The van der Waals surface area contributed by atoms with Crippen LogP contribution in [0.4, 0.5) is 0 Å². The van der Waals surface area contributed by atoms with Crippen molar-refractivity contribution < 1.29 is 9.53 Å². The highest BCUT2D eigenvalue weighted by molar-refractivity contribution is 7.98. The van der Waals surface area contributed by atoms with Crippen LogP contribution in [0.2, 0.25) is 5.02 Å². The monoisotopic (exact) mass is 216 g/mol. The molecule has 0 atom stereocenters. The minimum Gasteiger partial charge on any atom is -0.465 e. The molecule has 1 aromatic carbocycles.